The van der Waals surface area contributed by atoms with Gasteiger partial charge in [0, 0.05) is 18.4 Å². The van der Waals surface area contributed by atoms with Gasteiger partial charge in [0.25, 0.3) is 5.91 Å². The normalized spacial score (nSPS) is 11.1. The molecule has 0 saturated carbocycles. The highest BCUT2D eigenvalue weighted by Gasteiger charge is 2.13. The SMILES string of the molecule is CCS(=O)(=O)c1ccc(C(=O)Nc2ccc(OCCOC)cc2)cc1. The molecule has 0 fully saturated rings. The first-order valence-corrected chi connectivity index (χ1v) is 9.47. The van der Waals surface area contributed by atoms with Crippen LogP contribution < -0.4 is 10.1 Å². The Kier molecular flexibility index (Phi) is 6.55. The third-order valence-electron chi connectivity index (χ3n) is 3.52. The second-order valence-corrected chi connectivity index (χ2v) is 7.53. The van der Waals surface area contributed by atoms with Gasteiger partial charge in [-0.1, -0.05) is 6.92 Å². The summed E-state index contributed by atoms with van der Waals surface area (Å²) in [6.07, 6.45) is 0. The van der Waals surface area contributed by atoms with E-state index in [9.17, 15) is 13.2 Å². The Balaban J connectivity index is 1.99. The van der Waals surface area contributed by atoms with Crippen LogP contribution in [0.15, 0.2) is 53.4 Å². The molecule has 0 aliphatic heterocycles. The van der Waals surface area contributed by atoms with Crippen molar-refractivity contribution >= 4 is 21.4 Å². The van der Waals surface area contributed by atoms with Gasteiger partial charge in [0.1, 0.15) is 12.4 Å². The lowest BCUT2D eigenvalue weighted by Crippen LogP contribution is -2.12. The van der Waals surface area contributed by atoms with Crippen molar-refractivity contribution in [2.45, 2.75) is 11.8 Å². The molecule has 0 radical (unpaired) electrons. The summed E-state index contributed by atoms with van der Waals surface area (Å²) in [6, 6.07) is 12.9. The predicted molar refractivity (Wildman–Crippen MR) is 95.9 cm³/mol. The number of methoxy groups -OCH3 is 1. The summed E-state index contributed by atoms with van der Waals surface area (Å²) in [6.45, 7) is 2.54. The number of hydrogen-bond acceptors (Lipinski definition) is 5. The minimum atomic E-state index is -3.27. The number of benzene rings is 2. The minimum Gasteiger partial charge on any atom is -0.491 e. The smallest absolute Gasteiger partial charge is 0.255 e. The average molecular weight is 363 g/mol. The van der Waals surface area contributed by atoms with E-state index in [1.807, 2.05) is 0 Å². The minimum absolute atomic E-state index is 0.0251. The molecule has 0 saturated heterocycles. The summed E-state index contributed by atoms with van der Waals surface area (Å²) >= 11 is 0. The van der Waals surface area contributed by atoms with E-state index in [1.54, 1.807) is 38.3 Å². The van der Waals surface area contributed by atoms with Crippen molar-refractivity contribution in [1.29, 1.82) is 0 Å². The molecular formula is C18H21NO5S. The maximum absolute atomic E-state index is 12.2. The van der Waals surface area contributed by atoms with E-state index in [1.165, 1.54) is 24.3 Å². The van der Waals surface area contributed by atoms with Crippen molar-refractivity contribution in [2.24, 2.45) is 0 Å². The van der Waals surface area contributed by atoms with Crippen molar-refractivity contribution in [1.82, 2.24) is 0 Å². The molecule has 2 aromatic carbocycles. The van der Waals surface area contributed by atoms with Gasteiger partial charge in [0.2, 0.25) is 0 Å². The molecule has 0 aliphatic carbocycles. The van der Waals surface area contributed by atoms with Gasteiger partial charge in [0.15, 0.2) is 9.84 Å². The van der Waals surface area contributed by atoms with E-state index in [2.05, 4.69) is 5.32 Å². The van der Waals surface area contributed by atoms with E-state index in [4.69, 9.17) is 9.47 Å². The van der Waals surface area contributed by atoms with E-state index in [0.29, 0.717) is 30.2 Å². The molecule has 0 spiro atoms. The molecular weight excluding hydrogens is 342 g/mol. The molecule has 0 aliphatic rings. The fourth-order valence-corrected chi connectivity index (χ4v) is 2.95. The molecule has 0 aromatic heterocycles. The van der Waals surface area contributed by atoms with Crippen molar-refractivity contribution in [3.05, 3.63) is 54.1 Å². The van der Waals surface area contributed by atoms with Crippen LogP contribution in [0.3, 0.4) is 0 Å². The summed E-state index contributed by atoms with van der Waals surface area (Å²) in [5.74, 6) is 0.398. The first-order valence-electron chi connectivity index (χ1n) is 7.82. The van der Waals surface area contributed by atoms with Crippen LogP contribution >= 0.6 is 0 Å². The molecule has 2 rings (SSSR count). The summed E-state index contributed by atoms with van der Waals surface area (Å²) in [5.41, 5.74) is 1.00. The van der Waals surface area contributed by atoms with E-state index in [0.717, 1.165) is 0 Å². The Morgan fingerprint density at radius 3 is 2.20 bits per heavy atom. The molecule has 2 aromatic rings. The van der Waals surface area contributed by atoms with E-state index < -0.39 is 9.84 Å². The van der Waals surface area contributed by atoms with Crippen molar-refractivity contribution in [3.8, 4) is 5.75 Å². The number of rotatable bonds is 8. The van der Waals surface area contributed by atoms with E-state index in [-0.39, 0.29) is 16.6 Å². The third-order valence-corrected chi connectivity index (χ3v) is 5.27. The number of sulfone groups is 1. The Bertz CT molecular complexity index is 798. The van der Waals surface area contributed by atoms with Gasteiger partial charge in [-0.3, -0.25) is 4.79 Å². The van der Waals surface area contributed by atoms with Crippen LogP contribution in [0.5, 0.6) is 5.75 Å². The molecule has 1 N–H and O–H groups in total. The van der Waals surface area contributed by atoms with Gasteiger partial charge >= 0.3 is 0 Å². The van der Waals surface area contributed by atoms with Gasteiger partial charge in [-0.2, -0.15) is 0 Å². The maximum Gasteiger partial charge on any atom is 0.255 e. The van der Waals surface area contributed by atoms with Gasteiger partial charge in [-0.25, -0.2) is 8.42 Å². The highest BCUT2D eigenvalue weighted by atomic mass is 32.2. The lowest BCUT2D eigenvalue weighted by molar-refractivity contribution is 0.102. The molecule has 134 valence electrons. The number of nitrogens with one attached hydrogen (secondary N) is 1. The Hall–Kier alpha value is -2.38. The molecule has 0 bridgehead atoms. The van der Waals surface area contributed by atoms with Crippen LogP contribution in [-0.2, 0) is 14.6 Å². The number of carbonyl (C=O) groups excluding carboxylic acids is 1. The molecule has 1 amide bonds. The van der Waals surface area contributed by atoms with Gasteiger partial charge in [-0.15, -0.1) is 0 Å². The summed E-state index contributed by atoms with van der Waals surface area (Å²) in [5, 5.41) is 2.76. The summed E-state index contributed by atoms with van der Waals surface area (Å²) in [4.78, 5) is 12.4. The number of amides is 1. The molecule has 25 heavy (non-hydrogen) atoms. The highest BCUT2D eigenvalue weighted by Crippen LogP contribution is 2.17. The Morgan fingerprint density at radius 1 is 1.00 bits per heavy atom. The van der Waals surface area contributed by atoms with Crippen LogP contribution in [0.25, 0.3) is 0 Å². The first-order chi connectivity index (χ1) is 12.0. The zero-order chi connectivity index (χ0) is 18.3. The molecule has 6 nitrogen and oxygen atoms in total. The van der Waals surface area contributed by atoms with Crippen LogP contribution in [0.4, 0.5) is 5.69 Å². The average Bonchev–Trinajstić information content (AvgIpc) is 2.63. The van der Waals surface area contributed by atoms with Gasteiger partial charge < -0.3 is 14.8 Å². The van der Waals surface area contributed by atoms with Crippen LogP contribution in [0, 0.1) is 0 Å². The fraction of sp³-hybridized carbons (Fsp3) is 0.278. The molecule has 0 unspecified atom stereocenters. The largest absolute Gasteiger partial charge is 0.491 e. The lowest BCUT2D eigenvalue weighted by Gasteiger charge is -2.08. The summed E-state index contributed by atoms with van der Waals surface area (Å²) in [7, 11) is -1.67. The van der Waals surface area contributed by atoms with Gasteiger partial charge in [0.05, 0.1) is 17.3 Å². The van der Waals surface area contributed by atoms with Crippen LogP contribution in [-0.4, -0.2) is 40.4 Å². The molecule has 0 atom stereocenters. The zero-order valence-electron chi connectivity index (χ0n) is 14.2. The fourth-order valence-electron chi connectivity index (χ4n) is 2.06. The van der Waals surface area contributed by atoms with E-state index >= 15 is 0 Å². The first kappa shape index (κ1) is 19.0. The second-order valence-electron chi connectivity index (χ2n) is 5.25. The lowest BCUT2D eigenvalue weighted by atomic mass is 10.2. The second kappa shape index (κ2) is 8.64. The number of anilines is 1. The van der Waals surface area contributed by atoms with Crippen molar-refractivity contribution in [3.63, 3.8) is 0 Å². The highest BCUT2D eigenvalue weighted by molar-refractivity contribution is 7.91. The van der Waals surface area contributed by atoms with Gasteiger partial charge in [-0.05, 0) is 48.5 Å². The standard InChI is InChI=1S/C18H21NO5S/c1-3-25(21,22)17-10-4-14(5-11-17)18(20)19-15-6-8-16(9-7-15)24-13-12-23-2/h4-11H,3,12-13H2,1-2H3,(H,19,20). The Labute approximate surface area is 147 Å². The predicted octanol–water partition coefficient (Wildman–Crippen LogP) is 2.76. The molecule has 0 heterocycles. The van der Waals surface area contributed by atoms with Crippen LogP contribution in [0.1, 0.15) is 17.3 Å². The summed E-state index contributed by atoms with van der Waals surface area (Å²) < 4.78 is 33.9. The number of hydrogen-bond donors (Lipinski definition) is 1. The monoisotopic (exact) mass is 363 g/mol. The maximum atomic E-state index is 12.2. The quantitative estimate of drug-likeness (QED) is 0.729. The zero-order valence-corrected chi connectivity index (χ0v) is 15.0. The topological polar surface area (TPSA) is 81.7 Å². The van der Waals surface area contributed by atoms with Crippen molar-refractivity contribution < 1.29 is 22.7 Å². The van der Waals surface area contributed by atoms with Crippen LogP contribution in [0.2, 0.25) is 0 Å². The number of ether oxygens (including phenoxy) is 2. The number of carbonyl (C=O) groups is 1. The third kappa shape index (κ3) is 5.30. The molecule has 7 heteroatoms. The van der Waals surface area contributed by atoms with Crippen molar-refractivity contribution in [2.75, 3.05) is 31.4 Å². The Morgan fingerprint density at radius 2 is 1.64 bits per heavy atom.